The van der Waals surface area contributed by atoms with Gasteiger partial charge >= 0.3 is 0 Å². The fourth-order valence-corrected chi connectivity index (χ4v) is 2.34. The number of aliphatic hydroxyl groups is 1. The van der Waals surface area contributed by atoms with Crippen LogP contribution in [0.5, 0.6) is 0 Å². The molecule has 110 valence electrons. The lowest BCUT2D eigenvalue weighted by molar-refractivity contribution is -0.145. The van der Waals surface area contributed by atoms with Crippen molar-refractivity contribution in [2.75, 3.05) is 19.8 Å². The predicted molar refractivity (Wildman–Crippen MR) is 76.0 cm³/mol. The molecule has 1 fully saturated rings. The van der Waals surface area contributed by atoms with Crippen molar-refractivity contribution in [1.29, 1.82) is 0 Å². The Kier molecular flexibility index (Phi) is 5.11. The molecule has 5 heteroatoms. The van der Waals surface area contributed by atoms with Gasteiger partial charge in [0.05, 0.1) is 31.8 Å². The monoisotopic (exact) mass is 278 g/mol. The smallest absolute Gasteiger partial charge is 0.227 e. The molecule has 1 amide bonds. The lowest BCUT2D eigenvalue weighted by atomic mass is 10.1. The normalized spacial score (nSPS) is 22.9. The zero-order valence-electron chi connectivity index (χ0n) is 11.8. The highest BCUT2D eigenvalue weighted by Crippen LogP contribution is 2.14. The predicted octanol–water partition coefficient (Wildman–Crippen LogP) is 0.296. The summed E-state index contributed by atoms with van der Waals surface area (Å²) in [5.74, 6) is 0.0692. The summed E-state index contributed by atoms with van der Waals surface area (Å²) >= 11 is 0. The minimum atomic E-state index is -0.269. The van der Waals surface area contributed by atoms with Gasteiger partial charge < -0.3 is 20.5 Å². The number of nitrogens with zero attached hydrogens (tertiary/aromatic N) is 1. The number of carbonyl (C=O) groups is 1. The molecule has 5 nitrogen and oxygen atoms in total. The van der Waals surface area contributed by atoms with E-state index in [1.807, 2.05) is 31.2 Å². The van der Waals surface area contributed by atoms with Gasteiger partial charge in [-0.15, -0.1) is 0 Å². The van der Waals surface area contributed by atoms with Crippen LogP contribution in [0.4, 0.5) is 0 Å². The van der Waals surface area contributed by atoms with Gasteiger partial charge in [-0.3, -0.25) is 4.79 Å². The number of hydrogen-bond donors (Lipinski definition) is 2. The largest absolute Gasteiger partial charge is 0.394 e. The van der Waals surface area contributed by atoms with E-state index in [9.17, 15) is 4.79 Å². The van der Waals surface area contributed by atoms with Gasteiger partial charge in [-0.05, 0) is 18.1 Å². The standard InChI is InChI=1S/C15H22N2O3/c1-11-10-20-14(9-18)8-17(11)15(19)6-12-2-4-13(7-16)5-3-12/h2-5,11,14,18H,6-10,16H2,1H3. The summed E-state index contributed by atoms with van der Waals surface area (Å²) in [6.45, 7) is 3.35. The van der Waals surface area contributed by atoms with E-state index in [4.69, 9.17) is 15.6 Å². The van der Waals surface area contributed by atoms with Crippen LogP contribution in [0, 0.1) is 0 Å². The molecule has 20 heavy (non-hydrogen) atoms. The van der Waals surface area contributed by atoms with Crippen molar-refractivity contribution in [3.05, 3.63) is 35.4 Å². The first-order valence-corrected chi connectivity index (χ1v) is 6.94. The Morgan fingerprint density at radius 3 is 2.65 bits per heavy atom. The van der Waals surface area contributed by atoms with E-state index in [0.29, 0.717) is 26.1 Å². The van der Waals surface area contributed by atoms with Crippen LogP contribution >= 0.6 is 0 Å². The van der Waals surface area contributed by atoms with E-state index in [1.165, 1.54) is 0 Å². The molecule has 3 N–H and O–H groups in total. The SMILES string of the molecule is CC1COC(CO)CN1C(=O)Cc1ccc(CN)cc1. The number of amides is 1. The Balaban J connectivity index is 1.98. The molecule has 2 rings (SSSR count). The molecule has 0 spiro atoms. The zero-order chi connectivity index (χ0) is 14.5. The van der Waals surface area contributed by atoms with Crippen LogP contribution in [0.2, 0.25) is 0 Å². The number of nitrogens with two attached hydrogens (primary N) is 1. The van der Waals surface area contributed by atoms with Crippen LogP contribution in [0.1, 0.15) is 18.1 Å². The van der Waals surface area contributed by atoms with Crippen LogP contribution in [0.25, 0.3) is 0 Å². The topological polar surface area (TPSA) is 75.8 Å². The van der Waals surface area contributed by atoms with Gasteiger partial charge in [0.25, 0.3) is 0 Å². The van der Waals surface area contributed by atoms with Crippen molar-refractivity contribution in [3.63, 3.8) is 0 Å². The second-order valence-electron chi connectivity index (χ2n) is 5.23. The Morgan fingerprint density at radius 1 is 1.40 bits per heavy atom. The van der Waals surface area contributed by atoms with Gasteiger partial charge in [0.15, 0.2) is 0 Å². The summed E-state index contributed by atoms with van der Waals surface area (Å²) in [6.07, 6.45) is 0.0997. The molecule has 0 bridgehead atoms. The Morgan fingerprint density at radius 2 is 2.05 bits per heavy atom. The summed E-state index contributed by atoms with van der Waals surface area (Å²) in [4.78, 5) is 14.2. The molecule has 1 aromatic rings. The molecule has 0 saturated carbocycles. The van der Waals surface area contributed by atoms with Crippen molar-refractivity contribution < 1.29 is 14.6 Å². The Labute approximate surface area is 119 Å². The molecule has 1 aromatic carbocycles. The third kappa shape index (κ3) is 3.56. The average Bonchev–Trinajstić information content (AvgIpc) is 2.48. The van der Waals surface area contributed by atoms with Gasteiger partial charge in [0.1, 0.15) is 0 Å². The summed E-state index contributed by atoms with van der Waals surface area (Å²) in [7, 11) is 0. The average molecular weight is 278 g/mol. The molecular weight excluding hydrogens is 256 g/mol. The highest BCUT2D eigenvalue weighted by molar-refractivity contribution is 5.79. The lowest BCUT2D eigenvalue weighted by Crippen LogP contribution is -2.52. The molecule has 1 aliphatic heterocycles. The molecule has 0 aliphatic carbocycles. The van der Waals surface area contributed by atoms with Gasteiger partial charge in [-0.1, -0.05) is 24.3 Å². The first kappa shape index (κ1) is 15.0. The number of hydrogen-bond acceptors (Lipinski definition) is 4. The van der Waals surface area contributed by atoms with Gasteiger partial charge in [0.2, 0.25) is 5.91 Å². The minimum absolute atomic E-state index is 0.0496. The quantitative estimate of drug-likeness (QED) is 0.830. The van der Waals surface area contributed by atoms with Crippen molar-refractivity contribution in [3.8, 4) is 0 Å². The van der Waals surface area contributed by atoms with Crippen molar-refractivity contribution in [1.82, 2.24) is 4.90 Å². The highest BCUT2D eigenvalue weighted by Gasteiger charge is 2.28. The molecule has 2 atom stereocenters. The van der Waals surface area contributed by atoms with Crippen LogP contribution in [-0.2, 0) is 22.5 Å². The molecule has 2 unspecified atom stereocenters. The van der Waals surface area contributed by atoms with Crippen LogP contribution < -0.4 is 5.73 Å². The summed E-state index contributed by atoms with van der Waals surface area (Å²) in [5.41, 5.74) is 7.59. The number of morpholine rings is 1. The number of rotatable bonds is 4. The molecule has 1 aliphatic rings. The van der Waals surface area contributed by atoms with E-state index in [-0.39, 0.29) is 24.7 Å². The van der Waals surface area contributed by atoms with Crippen molar-refractivity contribution >= 4 is 5.91 Å². The summed E-state index contributed by atoms with van der Waals surface area (Å²) < 4.78 is 5.44. The van der Waals surface area contributed by atoms with E-state index >= 15 is 0 Å². The first-order valence-electron chi connectivity index (χ1n) is 6.94. The second-order valence-corrected chi connectivity index (χ2v) is 5.23. The molecule has 1 heterocycles. The van der Waals surface area contributed by atoms with Gasteiger partial charge in [-0.2, -0.15) is 0 Å². The summed E-state index contributed by atoms with van der Waals surface area (Å²) in [5, 5.41) is 9.15. The fourth-order valence-electron chi connectivity index (χ4n) is 2.34. The first-order chi connectivity index (χ1) is 9.63. The maximum absolute atomic E-state index is 12.4. The van der Waals surface area contributed by atoms with E-state index in [1.54, 1.807) is 4.90 Å². The second kappa shape index (κ2) is 6.83. The maximum atomic E-state index is 12.4. The van der Waals surface area contributed by atoms with E-state index in [2.05, 4.69) is 0 Å². The highest BCUT2D eigenvalue weighted by atomic mass is 16.5. The van der Waals surface area contributed by atoms with Gasteiger partial charge in [0, 0.05) is 13.1 Å². The zero-order valence-corrected chi connectivity index (χ0v) is 11.8. The number of benzene rings is 1. The Hall–Kier alpha value is -1.43. The third-order valence-corrected chi connectivity index (χ3v) is 3.64. The number of aliphatic hydroxyl groups excluding tert-OH is 1. The van der Waals surface area contributed by atoms with Crippen LogP contribution in [0.3, 0.4) is 0 Å². The van der Waals surface area contributed by atoms with Crippen molar-refractivity contribution in [2.24, 2.45) is 5.73 Å². The molecule has 1 saturated heterocycles. The molecular formula is C15H22N2O3. The summed E-state index contributed by atoms with van der Waals surface area (Å²) in [6, 6.07) is 7.82. The number of ether oxygens (including phenoxy) is 1. The van der Waals surface area contributed by atoms with Gasteiger partial charge in [-0.25, -0.2) is 0 Å². The van der Waals surface area contributed by atoms with Crippen LogP contribution in [0.15, 0.2) is 24.3 Å². The lowest BCUT2D eigenvalue weighted by Gasteiger charge is -2.37. The third-order valence-electron chi connectivity index (χ3n) is 3.64. The molecule has 0 aromatic heterocycles. The number of carbonyl (C=O) groups excluding carboxylic acids is 1. The Bertz CT molecular complexity index is 447. The minimum Gasteiger partial charge on any atom is -0.394 e. The molecule has 0 radical (unpaired) electrons. The van der Waals surface area contributed by atoms with Crippen LogP contribution in [-0.4, -0.2) is 47.8 Å². The fraction of sp³-hybridized carbons (Fsp3) is 0.533. The van der Waals surface area contributed by atoms with Crippen molar-refractivity contribution in [2.45, 2.75) is 32.0 Å². The van der Waals surface area contributed by atoms with E-state index in [0.717, 1.165) is 11.1 Å². The van der Waals surface area contributed by atoms with E-state index < -0.39 is 0 Å². The maximum Gasteiger partial charge on any atom is 0.227 e.